The summed E-state index contributed by atoms with van der Waals surface area (Å²) in [5, 5.41) is 11.8. The number of hydrogen-bond donors (Lipinski definition) is 2. The minimum Gasteiger partial charge on any atom is -0.396 e. The third-order valence-electron chi connectivity index (χ3n) is 1.66. The van der Waals surface area contributed by atoms with Gasteiger partial charge in [-0.2, -0.15) is 0 Å². The van der Waals surface area contributed by atoms with E-state index in [4.69, 9.17) is 5.11 Å². The Morgan fingerprint density at radius 3 is 2.45 bits per heavy atom. The van der Waals surface area contributed by atoms with Gasteiger partial charge < -0.3 is 10.4 Å². The van der Waals surface area contributed by atoms with Gasteiger partial charge in [-0.15, -0.1) is 0 Å². The zero-order valence-corrected chi connectivity index (χ0v) is 7.77. The molecule has 0 heterocycles. The Bertz CT molecular complexity index is 74.0. The molecule has 0 atom stereocenters. The molecule has 0 unspecified atom stereocenters. The summed E-state index contributed by atoms with van der Waals surface area (Å²) >= 11 is 0. The minimum atomic E-state index is 0.325. The molecule has 0 saturated heterocycles. The van der Waals surface area contributed by atoms with E-state index in [2.05, 4.69) is 19.2 Å². The molecule has 0 bridgehead atoms. The highest BCUT2D eigenvalue weighted by Gasteiger charge is 1.92. The predicted molar refractivity (Wildman–Crippen MR) is 48.6 cm³/mol. The SMILES string of the molecule is CC(C)CCNCCCCO. The lowest BCUT2D eigenvalue weighted by atomic mass is 10.1. The Kier molecular flexibility index (Phi) is 7.96. The average Bonchev–Trinajstić information content (AvgIpc) is 1.96. The summed E-state index contributed by atoms with van der Waals surface area (Å²) in [7, 11) is 0. The number of aliphatic hydroxyl groups is 1. The van der Waals surface area contributed by atoms with Crippen molar-refractivity contribution in [3.05, 3.63) is 0 Å². The molecule has 0 aliphatic rings. The van der Waals surface area contributed by atoms with Crippen LogP contribution in [0.4, 0.5) is 0 Å². The van der Waals surface area contributed by atoms with E-state index in [0.717, 1.165) is 31.8 Å². The van der Waals surface area contributed by atoms with Gasteiger partial charge in [-0.3, -0.25) is 0 Å². The highest BCUT2D eigenvalue weighted by Crippen LogP contribution is 1.96. The molecule has 0 aromatic carbocycles. The normalized spacial score (nSPS) is 10.9. The zero-order chi connectivity index (χ0) is 8.53. The van der Waals surface area contributed by atoms with Crippen molar-refractivity contribution in [2.75, 3.05) is 19.7 Å². The summed E-state index contributed by atoms with van der Waals surface area (Å²) in [5.74, 6) is 0.792. The standard InChI is InChI=1S/C9H21NO/c1-9(2)5-7-10-6-3-4-8-11/h9-11H,3-8H2,1-2H3. The first kappa shape index (κ1) is 10.9. The van der Waals surface area contributed by atoms with Crippen molar-refractivity contribution in [1.29, 1.82) is 0 Å². The maximum absolute atomic E-state index is 8.48. The van der Waals surface area contributed by atoms with E-state index in [1.54, 1.807) is 0 Å². The van der Waals surface area contributed by atoms with E-state index >= 15 is 0 Å². The smallest absolute Gasteiger partial charge is 0.0431 e. The van der Waals surface area contributed by atoms with Crippen LogP contribution in [-0.2, 0) is 0 Å². The van der Waals surface area contributed by atoms with Crippen molar-refractivity contribution in [2.45, 2.75) is 33.1 Å². The second-order valence-corrected chi connectivity index (χ2v) is 3.36. The first-order chi connectivity index (χ1) is 5.27. The quantitative estimate of drug-likeness (QED) is 0.550. The van der Waals surface area contributed by atoms with Crippen molar-refractivity contribution in [2.24, 2.45) is 5.92 Å². The van der Waals surface area contributed by atoms with Gasteiger partial charge in [0.2, 0.25) is 0 Å². The van der Waals surface area contributed by atoms with E-state index < -0.39 is 0 Å². The second kappa shape index (κ2) is 8.02. The van der Waals surface area contributed by atoms with Crippen molar-refractivity contribution in [1.82, 2.24) is 5.32 Å². The lowest BCUT2D eigenvalue weighted by Gasteiger charge is -2.05. The number of aliphatic hydroxyl groups excluding tert-OH is 1. The number of hydrogen-bond acceptors (Lipinski definition) is 2. The monoisotopic (exact) mass is 159 g/mol. The van der Waals surface area contributed by atoms with Gasteiger partial charge in [0.15, 0.2) is 0 Å². The first-order valence-electron chi connectivity index (χ1n) is 4.59. The Labute approximate surface area is 70.0 Å². The van der Waals surface area contributed by atoms with Crippen LogP contribution in [-0.4, -0.2) is 24.8 Å². The van der Waals surface area contributed by atoms with Crippen LogP contribution in [0.2, 0.25) is 0 Å². The van der Waals surface area contributed by atoms with Gasteiger partial charge in [-0.25, -0.2) is 0 Å². The van der Waals surface area contributed by atoms with Gasteiger partial charge >= 0.3 is 0 Å². The third kappa shape index (κ3) is 9.92. The summed E-state index contributed by atoms with van der Waals surface area (Å²) in [6.45, 7) is 6.95. The molecule has 0 amide bonds. The lowest BCUT2D eigenvalue weighted by molar-refractivity contribution is 0.283. The summed E-state index contributed by atoms with van der Waals surface area (Å²) in [4.78, 5) is 0. The largest absolute Gasteiger partial charge is 0.396 e. The van der Waals surface area contributed by atoms with Crippen molar-refractivity contribution >= 4 is 0 Å². The fourth-order valence-electron chi connectivity index (χ4n) is 0.878. The van der Waals surface area contributed by atoms with Gasteiger partial charge in [0, 0.05) is 6.61 Å². The van der Waals surface area contributed by atoms with Gasteiger partial charge in [0.1, 0.15) is 0 Å². The molecule has 0 spiro atoms. The molecule has 0 aliphatic heterocycles. The van der Waals surface area contributed by atoms with E-state index in [9.17, 15) is 0 Å². The van der Waals surface area contributed by atoms with E-state index in [0.29, 0.717) is 6.61 Å². The van der Waals surface area contributed by atoms with Crippen molar-refractivity contribution in [3.8, 4) is 0 Å². The molecular formula is C9H21NO. The van der Waals surface area contributed by atoms with Gasteiger partial charge in [-0.05, 0) is 38.3 Å². The zero-order valence-electron chi connectivity index (χ0n) is 7.77. The predicted octanol–water partition coefficient (Wildman–Crippen LogP) is 1.39. The highest BCUT2D eigenvalue weighted by molar-refractivity contribution is 4.50. The third-order valence-corrected chi connectivity index (χ3v) is 1.66. The fraction of sp³-hybridized carbons (Fsp3) is 1.00. The molecule has 0 radical (unpaired) electrons. The van der Waals surface area contributed by atoms with E-state index in [1.807, 2.05) is 0 Å². The Morgan fingerprint density at radius 2 is 1.91 bits per heavy atom. The highest BCUT2D eigenvalue weighted by atomic mass is 16.2. The molecule has 2 N–H and O–H groups in total. The van der Waals surface area contributed by atoms with Crippen LogP contribution >= 0.6 is 0 Å². The molecule has 2 nitrogen and oxygen atoms in total. The molecule has 68 valence electrons. The molecule has 0 aromatic heterocycles. The summed E-state index contributed by atoms with van der Waals surface area (Å²) in [5.41, 5.74) is 0. The van der Waals surface area contributed by atoms with E-state index in [-0.39, 0.29) is 0 Å². The van der Waals surface area contributed by atoms with Crippen LogP contribution in [0.1, 0.15) is 33.1 Å². The molecular weight excluding hydrogens is 138 g/mol. The average molecular weight is 159 g/mol. The molecule has 11 heavy (non-hydrogen) atoms. The van der Waals surface area contributed by atoms with Gasteiger partial charge in [0.05, 0.1) is 0 Å². The van der Waals surface area contributed by atoms with Gasteiger partial charge in [0.25, 0.3) is 0 Å². The maximum Gasteiger partial charge on any atom is 0.0431 e. The van der Waals surface area contributed by atoms with Crippen LogP contribution in [0.15, 0.2) is 0 Å². The first-order valence-corrected chi connectivity index (χ1v) is 4.59. The minimum absolute atomic E-state index is 0.325. The van der Waals surface area contributed by atoms with Crippen LogP contribution in [0.5, 0.6) is 0 Å². The fourth-order valence-corrected chi connectivity index (χ4v) is 0.878. The van der Waals surface area contributed by atoms with Crippen LogP contribution < -0.4 is 5.32 Å². The molecule has 0 aliphatic carbocycles. The second-order valence-electron chi connectivity index (χ2n) is 3.36. The molecule has 0 fully saturated rings. The van der Waals surface area contributed by atoms with Crippen LogP contribution in [0.3, 0.4) is 0 Å². The molecule has 0 saturated carbocycles. The van der Waals surface area contributed by atoms with E-state index in [1.165, 1.54) is 6.42 Å². The van der Waals surface area contributed by atoms with Crippen LogP contribution in [0.25, 0.3) is 0 Å². The topological polar surface area (TPSA) is 32.3 Å². The maximum atomic E-state index is 8.48. The molecule has 0 aromatic rings. The van der Waals surface area contributed by atoms with Crippen molar-refractivity contribution in [3.63, 3.8) is 0 Å². The number of nitrogens with one attached hydrogen (secondary N) is 1. The summed E-state index contributed by atoms with van der Waals surface area (Å²) in [6.07, 6.45) is 3.27. The summed E-state index contributed by atoms with van der Waals surface area (Å²) in [6, 6.07) is 0. The Hall–Kier alpha value is -0.0800. The summed E-state index contributed by atoms with van der Waals surface area (Å²) < 4.78 is 0. The Balaban J connectivity index is 2.80. The number of rotatable bonds is 7. The molecule has 2 heteroatoms. The van der Waals surface area contributed by atoms with Crippen molar-refractivity contribution < 1.29 is 5.11 Å². The van der Waals surface area contributed by atoms with Crippen LogP contribution in [0, 0.1) is 5.92 Å². The molecule has 0 rings (SSSR count). The lowest BCUT2D eigenvalue weighted by Crippen LogP contribution is -2.18. The Morgan fingerprint density at radius 1 is 1.18 bits per heavy atom. The number of unbranched alkanes of at least 4 members (excludes halogenated alkanes) is 1. The van der Waals surface area contributed by atoms with Gasteiger partial charge in [-0.1, -0.05) is 13.8 Å².